The van der Waals surface area contributed by atoms with Crippen LogP contribution in [-0.2, 0) is 0 Å². The first-order valence-corrected chi connectivity index (χ1v) is 6.21. The summed E-state index contributed by atoms with van der Waals surface area (Å²) in [7, 11) is 0. The van der Waals surface area contributed by atoms with Gasteiger partial charge < -0.3 is 11.1 Å². The highest BCUT2D eigenvalue weighted by Crippen LogP contribution is 2.23. The molecular weight excluding hydrogens is 318 g/mol. The van der Waals surface area contributed by atoms with E-state index in [4.69, 9.17) is 17.3 Å². The lowest BCUT2D eigenvalue weighted by Gasteiger charge is -2.07. The van der Waals surface area contributed by atoms with E-state index in [0.29, 0.717) is 16.9 Å². The Morgan fingerprint density at radius 3 is 2.89 bits per heavy atom. The molecule has 1 amide bonds. The molecule has 0 radical (unpaired) electrons. The normalized spacial score (nSPS) is 10.1. The standard InChI is InChI=1S/C12H9BrClN3O/c13-8-5-10(11(14)16-6-8)17-12(18)7-2-1-3-9(15)4-7/h1-6H,15H2,(H,17,18). The molecule has 0 aliphatic rings. The fourth-order valence-electron chi connectivity index (χ4n) is 1.38. The summed E-state index contributed by atoms with van der Waals surface area (Å²) in [6.07, 6.45) is 1.55. The summed E-state index contributed by atoms with van der Waals surface area (Å²) in [5, 5.41) is 2.91. The van der Waals surface area contributed by atoms with Crippen molar-refractivity contribution < 1.29 is 4.79 Å². The molecule has 4 nitrogen and oxygen atoms in total. The molecule has 0 bridgehead atoms. The number of pyridine rings is 1. The summed E-state index contributed by atoms with van der Waals surface area (Å²) < 4.78 is 0.731. The third-order valence-corrected chi connectivity index (χ3v) is 2.94. The quantitative estimate of drug-likeness (QED) is 0.657. The number of carbonyl (C=O) groups excluding carboxylic acids is 1. The van der Waals surface area contributed by atoms with Crippen LogP contribution in [0.1, 0.15) is 10.4 Å². The van der Waals surface area contributed by atoms with Crippen LogP contribution >= 0.6 is 27.5 Å². The van der Waals surface area contributed by atoms with Gasteiger partial charge in [0.2, 0.25) is 0 Å². The van der Waals surface area contributed by atoms with E-state index in [0.717, 1.165) is 4.47 Å². The molecule has 2 aromatic rings. The van der Waals surface area contributed by atoms with Gasteiger partial charge in [-0.15, -0.1) is 0 Å². The first kappa shape index (κ1) is 12.9. The van der Waals surface area contributed by atoms with E-state index in [1.54, 1.807) is 36.5 Å². The molecule has 0 aliphatic carbocycles. The molecule has 0 spiro atoms. The van der Waals surface area contributed by atoms with Gasteiger partial charge in [0, 0.05) is 21.9 Å². The molecule has 0 atom stereocenters. The van der Waals surface area contributed by atoms with E-state index in [9.17, 15) is 4.79 Å². The van der Waals surface area contributed by atoms with Crippen molar-refractivity contribution in [2.45, 2.75) is 0 Å². The van der Waals surface area contributed by atoms with Crippen molar-refractivity contribution in [2.75, 3.05) is 11.1 Å². The number of nitrogens with two attached hydrogens (primary N) is 1. The van der Waals surface area contributed by atoms with Crippen LogP contribution in [0.2, 0.25) is 5.15 Å². The first-order valence-electron chi connectivity index (χ1n) is 5.04. The van der Waals surface area contributed by atoms with Gasteiger partial charge in [-0.05, 0) is 40.2 Å². The lowest BCUT2D eigenvalue weighted by atomic mass is 10.2. The number of anilines is 2. The molecular formula is C12H9BrClN3O. The van der Waals surface area contributed by atoms with Gasteiger partial charge in [-0.1, -0.05) is 17.7 Å². The third kappa shape index (κ3) is 3.00. The Bertz CT molecular complexity index is 604. The van der Waals surface area contributed by atoms with E-state index < -0.39 is 0 Å². The second kappa shape index (κ2) is 5.37. The summed E-state index contributed by atoms with van der Waals surface area (Å²) in [6.45, 7) is 0. The van der Waals surface area contributed by atoms with E-state index in [2.05, 4.69) is 26.2 Å². The smallest absolute Gasteiger partial charge is 0.255 e. The Kier molecular flexibility index (Phi) is 3.84. The molecule has 0 fully saturated rings. The minimum absolute atomic E-state index is 0.232. The minimum Gasteiger partial charge on any atom is -0.399 e. The fourth-order valence-corrected chi connectivity index (χ4v) is 1.87. The number of aromatic nitrogens is 1. The third-order valence-electron chi connectivity index (χ3n) is 2.20. The topological polar surface area (TPSA) is 68.0 Å². The Morgan fingerprint density at radius 2 is 2.17 bits per heavy atom. The second-order valence-corrected chi connectivity index (χ2v) is 4.85. The Labute approximate surface area is 117 Å². The number of hydrogen-bond donors (Lipinski definition) is 2. The highest BCUT2D eigenvalue weighted by atomic mass is 79.9. The number of carbonyl (C=O) groups is 1. The van der Waals surface area contributed by atoms with Crippen molar-refractivity contribution in [3.8, 4) is 0 Å². The molecule has 1 aromatic carbocycles. The van der Waals surface area contributed by atoms with E-state index in [1.807, 2.05) is 0 Å². The van der Waals surface area contributed by atoms with Crippen LogP contribution in [0, 0.1) is 0 Å². The number of hydrogen-bond acceptors (Lipinski definition) is 3. The molecule has 0 aliphatic heterocycles. The maximum atomic E-state index is 12.0. The molecule has 0 saturated heterocycles. The second-order valence-electron chi connectivity index (χ2n) is 3.57. The number of rotatable bonds is 2. The molecule has 0 saturated carbocycles. The molecule has 3 N–H and O–H groups in total. The SMILES string of the molecule is Nc1cccc(C(=O)Nc2cc(Br)cnc2Cl)c1. The summed E-state index contributed by atoms with van der Waals surface area (Å²) in [6, 6.07) is 8.37. The molecule has 18 heavy (non-hydrogen) atoms. The van der Waals surface area contributed by atoms with Crippen LogP contribution in [0.4, 0.5) is 11.4 Å². The highest BCUT2D eigenvalue weighted by molar-refractivity contribution is 9.10. The number of nitrogen functional groups attached to an aromatic ring is 1. The van der Waals surface area contributed by atoms with Crippen LogP contribution in [0.5, 0.6) is 0 Å². The predicted molar refractivity (Wildman–Crippen MR) is 75.8 cm³/mol. The lowest BCUT2D eigenvalue weighted by Crippen LogP contribution is -2.12. The van der Waals surface area contributed by atoms with Crippen molar-refractivity contribution in [1.29, 1.82) is 0 Å². The van der Waals surface area contributed by atoms with Crippen LogP contribution < -0.4 is 11.1 Å². The van der Waals surface area contributed by atoms with Gasteiger partial charge in [-0.25, -0.2) is 4.98 Å². The van der Waals surface area contributed by atoms with Gasteiger partial charge >= 0.3 is 0 Å². The lowest BCUT2D eigenvalue weighted by molar-refractivity contribution is 0.102. The zero-order chi connectivity index (χ0) is 13.1. The average Bonchev–Trinajstić information content (AvgIpc) is 2.34. The number of amides is 1. The summed E-state index contributed by atoms with van der Waals surface area (Å²) in [5.41, 5.74) is 7.05. The van der Waals surface area contributed by atoms with Crippen molar-refractivity contribution >= 4 is 44.8 Å². The van der Waals surface area contributed by atoms with Crippen molar-refractivity contribution in [3.05, 3.63) is 51.7 Å². The zero-order valence-corrected chi connectivity index (χ0v) is 11.5. The monoisotopic (exact) mass is 325 g/mol. The van der Waals surface area contributed by atoms with Gasteiger partial charge in [0.15, 0.2) is 5.15 Å². The molecule has 1 heterocycles. The molecule has 92 valence electrons. The average molecular weight is 327 g/mol. The van der Waals surface area contributed by atoms with Crippen LogP contribution in [0.3, 0.4) is 0 Å². The van der Waals surface area contributed by atoms with Crippen LogP contribution in [-0.4, -0.2) is 10.9 Å². The van der Waals surface area contributed by atoms with Crippen molar-refractivity contribution in [1.82, 2.24) is 4.98 Å². The number of halogens is 2. The highest BCUT2D eigenvalue weighted by Gasteiger charge is 2.09. The van der Waals surface area contributed by atoms with E-state index in [-0.39, 0.29) is 11.1 Å². The minimum atomic E-state index is -0.288. The van der Waals surface area contributed by atoms with Crippen LogP contribution in [0.15, 0.2) is 41.0 Å². The number of nitrogens with zero attached hydrogens (tertiary/aromatic N) is 1. The van der Waals surface area contributed by atoms with Gasteiger partial charge in [0.05, 0.1) is 5.69 Å². The summed E-state index contributed by atoms with van der Waals surface area (Å²) in [5.74, 6) is -0.288. The fraction of sp³-hybridized carbons (Fsp3) is 0. The van der Waals surface area contributed by atoms with E-state index >= 15 is 0 Å². The van der Waals surface area contributed by atoms with E-state index in [1.165, 1.54) is 0 Å². The van der Waals surface area contributed by atoms with Crippen molar-refractivity contribution in [3.63, 3.8) is 0 Å². The van der Waals surface area contributed by atoms with Crippen LogP contribution in [0.25, 0.3) is 0 Å². The zero-order valence-electron chi connectivity index (χ0n) is 9.15. The van der Waals surface area contributed by atoms with Gasteiger partial charge in [0.25, 0.3) is 5.91 Å². The molecule has 6 heteroatoms. The number of nitrogens with one attached hydrogen (secondary N) is 1. The summed E-state index contributed by atoms with van der Waals surface area (Å²) >= 11 is 9.15. The molecule has 1 aromatic heterocycles. The largest absolute Gasteiger partial charge is 0.399 e. The maximum Gasteiger partial charge on any atom is 0.255 e. The first-order chi connectivity index (χ1) is 8.56. The maximum absolute atomic E-state index is 12.0. The van der Waals surface area contributed by atoms with Gasteiger partial charge in [-0.2, -0.15) is 0 Å². The summed E-state index contributed by atoms with van der Waals surface area (Å²) in [4.78, 5) is 15.9. The Morgan fingerprint density at radius 1 is 1.39 bits per heavy atom. The Hall–Kier alpha value is -1.59. The predicted octanol–water partition coefficient (Wildman–Crippen LogP) is 3.33. The van der Waals surface area contributed by atoms with Gasteiger partial charge in [0.1, 0.15) is 0 Å². The van der Waals surface area contributed by atoms with Gasteiger partial charge in [-0.3, -0.25) is 4.79 Å². The molecule has 0 unspecified atom stereocenters. The Balaban J connectivity index is 2.24. The van der Waals surface area contributed by atoms with Crippen molar-refractivity contribution in [2.24, 2.45) is 0 Å². The molecule has 2 rings (SSSR count). The number of benzene rings is 1.